The normalized spacial score (nSPS) is 11.0. The Bertz CT molecular complexity index is 134. The lowest BCUT2D eigenvalue weighted by Crippen LogP contribution is -2.14. The zero-order valence-electron chi connectivity index (χ0n) is 4.82. The van der Waals surface area contributed by atoms with Crippen molar-refractivity contribution in [1.82, 2.24) is 5.32 Å². The molecule has 0 amide bonds. The van der Waals surface area contributed by atoms with E-state index in [0.29, 0.717) is 18.1 Å². The lowest BCUT2D eigenvalue weighted by molar-refractivity contribution is 0.850. The molecule has 0 aliphatic carbocycles. The molecule has 0 rings (SSSR count). The van der Waals surface area contributed by atoms with E-state index >= 15 is 0 Å². The number of hydrogen-bond donors (Lipinski definition) is 1. The topological polar surface area (TPSA) is 12.0 Å². The average Bonchev–Trinajstić information content (AvgIpc) is 1.89. The van der Waals surface area contributed by atoms with Gasteiger partial charge in [-0.05, 0) is 0 Å². The van der Waals surface area contributed by atoms with E-state index in [4.69, 9.17) is 29.6 Å². The molecule has 0 unspecified atom stereocenters. The number of hydrogen-bond acceptors (Lipinski definition) is 1. The molecule has 3 heteroatoms. The number of halogens is 2. The summed E-state index contributed by atoms with van der Waals surface area (Å²) in [6, 6.07) is 0. The summed E-state index contributed by atoms with van der Waals surface area (Å²) in [5, 5.41) is 3.43. The molecule has 0 bridgehead atoms. The minimum Gasteiger partial charge on any atom is -0.301 e. The first kappa shape index (κ1) is 8.84. The van der Waals surface area contributed by atoms with Gasteiger partial charge in [-0.25, -0.2) is 0 Å². The first-order chi connectivity index (χ1) is 4.31. The van der Waals surface area contributed by atoms with Crippen LogP contribution < -0.4 is 5.32 Å². The van der Waals surface area contributed by atoms with Crippen molar-refractivity contribution < 1.29 is 0 Å². The highest BCUT2D eigenvalue weighted by molar-refractivity contribution is 6.36. The Kier molecular flexibility index (Phi) is 5.86. The van der Waals surface area contributed by atoms with E-state index in [0.717, 1.165) is 0 Å². The van der Waals surface area contributed by atoms with Gasteiger partial charge in [0, 0.05) is 17.1 Å². The largest absolute Gasteiger partial charge is 0.301 e. The Morgan fingerprint density at radius 3 is 2.89 bits per heavy atom. The maximum Gasteiger partial charge on any atom is 0.0576 e. The fourth-order valence-corrected chi connectivity index (χ4v) is 0.464. The monoisotopic (exact) mass is 163 g/mol. The molecule has 0 fully saturated rings. The molecule has 0 radical (unpaired) electrons. The standard InChI is InChI=1S/C6H7Cl2N/c1-2-3-9-5-6(8)4-7/h1,4,9H,3,5H2. The van der Waals surface area contributed by atoms with Crippen molar-refractivity contribution in [3.63, 3.8) is 0 Å². The average molecular weight is 164 g/mol. The minimum absolute atomic E-state index is 0.515. The Labute approximate surface area is 65.0 Å². The maximum atomic E-state index is 5.50. The van der Waals surface area contributed by atoms with Crippen molar-refractivity contribution in [1.29, 1.82) is 0 Å². The molecule has 0 heterocycles. The van der Waals surface area contributed by atoms with Crippen LogP contribution in [0.1, 0.15) is 0 Å². The smallest absolute Gasteiger partial charge is 0.0576 e. The van der Waals surface area contributed by atoms with Gasteiger partial charge in [0.25, 0.3) is 0 Å². The fourth-order valence-electron chi connectivity index (χ4n) is 0.293. The number of terminal acetylenes is 1. The van der Waals surface area contributed by atoms with E-state index in [9.17, 15) is 0 Å². The first-order valence-electron chi connectivity index (χ1n) is 2.40. The van der Waals surface area contributed by atoms with E-state index < -0.39 is 0 Å². The van der Waals surface area contributed by atoms with Crippen LogP contribution in [0.3, 0.4) is 0 Å². The molecule has 0 aromatic carbocycles. The molecular formula is C6H7Cl2N. The zero-order chi connectivity index (χ0) is 7.11. The van der Waals surface area contributed by atoms with E-state index in [1.807, 2.05) is 0 Å². The molecule has 0 saturated carbocycles. The van der Waals surface area contributed by atoms with Crippen molar-refractivity contribution in [2.45, 2.75) is 0 Å². The predicted octanol–water partition coefficient (Wildman–Crippen LogP) is 1.53. The van der Waals surface area contributed by atoms with Crippen molar-refractivity contribution in [2.24, 2.45) is 0 Å². The van der Waals surface area contributed by atoms with Gasteiger partial charge in [-0.3, -0.25) is 0 Å². The van der Waals surface area contributed by atoms with Crippen LogP contribution in [-0.4, -0.2) is 13.1 Å². The summed E-state index contributed by atoms with van der Waals surface area (Å²) in [6.45, 7) is 1.05. The Morgan fingerprint density at radius 2 is 2.44 bits per heavy atom. The Morgan fingerprint density at radius 1 is 1.78 bits per heavy atom. The third-order valence-electron chi connectivity index (χ3n) is 0.639. The SMILES string of the molecule is C#CCNCC(Cl)=CCl. The summed E-state index contributed by atoms with van der Waals surface area (Å²) in [7, 11) is 0. The van der Waals surface area contributed by atoms with E-state index in [1.54, 1.807) is 0 Å². The van der Waals surface area contributed by atoms with E-state index in [-0.39, 0.29) is 0 Å². The molecule has 0 saturated heterocycles. The molecular weight excluding hydrogens is 157 g/mol. The fraction of sp³-hybridized carbons (Fsp3) is 0.333. The Balaban J connectivity index is 3.20. The van der Waals surface area contributed by atoms with E-state index in [1.165, 1.54) is 5.54 Å². The van der Waals surface area contributed by atoms with Crippen LogP contribution in [-0.2, 0) is 0 Å². The van der Waals surface area contributed by atoms with E-state index in [2.05, 4.69) is 11.2 Å². The van der Waals surface area contributed by atoms with Crippen LogP contribution >= 0.6 is 23.2 Å². The van der Waals surface area contributed by atoms with Crippen molar-refractivity contribution in [2.75, 3.05) is 13.1 Å². The second-order valence-corrected chi connectivity index (χ2v) is 2.07. The van der Waals surface area contributed by atoms with Crippen LogP contribution in [0.5, 0.6) is 0 Å². The maximum absolute atomic E-state index is 5.50. The summed E-state index contributed by atoms with van der Waals surface area (Å²) in [5.41, 5.74) is 1.31. The molecule has 0 spiro atoms. The van der Waals surface area contributed by atoms with Crippen LogP contribution in [0.25, 0.3) is 0 Å². The van der Waals surface area contributed by atoms with Gasteiger partial charge in [-0.2, -0.15) is 0 Å². The Hall–Kier alpha value is -0.160. The van der Waals surface area contributed by atoms with Gasteiger partial charge in [0.2, 0.25) is 0 Å². The molecule has 0 aromatic rings. The number of nitrogens with one attached hydrogen (secondary N) is 1. The minimum atomic E-state index is 0.515. The molecule has 1 nitrogen and oxygen atoms in total. The summed E-state index contributed by atoms with van der Waals surface area (Å²) in [5.74, 6) is 2.41. The van der Waals surface area contributed by atoms with Gasteiger partial charge in [-0.15, -0.1) is 6.42 Å². The summed E-state index contributed by atoms with van der Waals surface area (Å²) in [6.07, 6.45) is 4.95. The van der Waals surface area contributed by atoms with Crippen LogP contribution in [0, 0.1) is 12.3 Å². The first-order valence-corrected chi connectivity index (χ1v) is 3.21. The lowest BCUT2D eigenvalue weighted by atomic mass is 10.6. The molecule has 0 atom stereocenters. The highest BCUT2D eigenvalue weighted by Crippen LogP contribution is 1.99. The van der Waals surface area contributed by atoms with Gasteiger partial charge >= 0.3 is 0 Å². The summed E-state index contributed by atoms with van der Waals surface area (Å²) < 4.78 is 0. The molecule has 9 heavy (non-hydrogen) atoms. The van der Waals surface area contributed by atoms with Crippen molar-refractivity contribution in [3.05, 3.63) is 10.6 Å². The summed E-state index contributed by atoms with van der Waals surface area (Å²) in [4.78, 5) is 0. The van der Waals surface area contributed by atoms with Crippen molar-refractivity contribution in [3.8, 4) is 12.3 Å². The van der Waals surface area contributed by atoms with Gasteiger partial charge in [0.1, 0.15) is 0 Å². The lowest BCUT2D eigenvalue weighted by Gasteiger charge is -1.95. The highest BCUT2D eigenvalue weighted by Gasteiger charge is 1.86. The second-order valence-electron chi connectivity index (χ2n) is 1.36. The highest BCUT2D eigenvalue weighted by atomic mass is 35.5. The second kappa shape index (κ2) is 5.97. The summed E-state index contributed by atoms with van der Waals surface area (Å²) >= 11 is 10.7. The van der Waals surface area contributed by atoms with Crippen molar-refractivity contribution >= 4 is 23.2 Å². The van der Waals surface area contributed by atoms with Gasteiger partial charge in [-0.1, -0.05) is 29.1 Å². The van der Waals surface area contributed by atoms with Gasteiger partial charge in [0.15, 0.2) is 0 Å². The van der Waals surface area contributed by atoms with Crippen LogP contribution in [0.4, 0.5) is 0 Å². The quantitative estimate of drug-likeness (QED) is 0.492. The molecule has 0 aliphatic rings. The zero-order valence-corrected chi connectivity index (χ0v) is 6.34. The number of rotatable bonds is 3. The van der Waals surface area contributed by atoms with Crippen LogP contribution in [0.2, 0.25) is 0 Å². The third kappa shape index (κ3) is 5.72. The van der Waals surface area contributed by atoms with Gasteiger partial charge < -0.3 is 5.32 Å². The molecule has 50 valence electrons. The molecule has 0 aliphatic heterocycles. The molecule has 0 aromatic heterocycles. The van der Waals surface area contributed by atoms with Crippen LogP contribution in [0.15, 0.2) is 10.6 Å². The van der Waals surface area contributed by atoms with Gasteiger partial charge in [0.05, 0.1) is 6.54 Å². The third-order valence-corrected chi connectivity index (χ3v) is 1.26. The predicted molar refractivity (Wildman–Crippen MR) is 41.5 cm³/mol. The molecule has 1 N–H and O–H groups in total.